The Morgan fingerprint density at radius 2 is 2.15 bits per heavy atom. The van der Waals surface area contributed by atoms with Gasteiger partial charge in [0, 0.05) is 0 Å². The molecule has 0 saturated heterocycles. The second-order valence-electron chi connectivity index (χ2n) is 4.27. The summed E-state index contributed by atoms with van der Waals surface area (Å²) in [5.74, 6) is 2.69. The summed E-state index contributed by atoms with van der Waals surface area (Å²) >= 11 is 0. The monoisotopic (exact) mass is 178 g/mol. The molecule has 0 nitrogen and oxygen atoms in total. The molecular weight excluding hydrogens is 156 g/mol. The summed E-state index contributed by atoms with van der Waals surface area (Å²) in [5.41, 5.74) is 0. The molecule has 0 heterocycles. The van der Waals surface area contributed by atoms with Crippen molar-refractivity contribution >= 4 is 0 Å². The van der Waals surface area contributed by atoms with Gasteiger partial charge < -0.3 is 0 Å². The van der Waals surface area contributed by atoms with Crippen LogP contribution in [-0.2, 0) is 0 Å². The van der Waals surface area contributed by atoms with Crippen molar-refractivity contribution in [3.63, 3.8) is 0 Å². The molecule has 13 heavy (non-hydrogen) atoms. The first-order valence-electron chi connectivity index (χ1n) is 5.58. The van der Waals surface area contributed by atoms with Gasteiger partial charge in [-0.2, -0.15) is 0 Å². The van der Waals surface area contributed by atoms with Gasteiger partial charge in [-0.15, -0.1) is 0 Å². The Bertz CT molecular complexity index is 174. The minimum Gasteiger partial charge on any atom is -0.0991 e. The van der Waals surface area contributed by atoms with Crippen LogP contribution in [0.4, 0.5) is 0 Å². The topological polar surface area (TPSA) is 0 Å². The zero-order valence-electron chi connectivity index (χ0n) is 9.00. The third kappa shape index (κ3) is 3.38. The average Bonchev–Trinajstić information content (AvgIpc) is 2.94. The van der Waals surface area contributed by atoms with E-state index in [1.807, 2.05) is 6.08 Å². The Labute approximate surface area is 82.7 Å². The fourth-order valence-electron chi connectivity index (χ4n) is 2.06. The molecule has 0 amide bonds. The molecule has 0 radical (unpaired) electrons. The molecule has 0 aromatic carbocycles. The van der Waals surface area contributed by atoms with E-state index in [9.17, 15) is 0 Å². The maximum absolute atomic E-state index is 3.73. The van der Waals surface area contributed by atoms with E-state index >= 15 is 0 Å². The molecule has 0 aromatic heterocycles. The Balaban J connectivity index is 2.43. The van der Waals surface area contributed by atoms with Gasteiger partial charge in [-0.1, -0.05) is 45.1 Å². The highest BCUT2D eigenvalue weighted by molar-refractivity contribution is 5.02. The van der Waals surface area contributed by atoms with Gasteiger partial charge in [0.1, 0.15) is 0 Å². The quantitative estimate of drug-likeness (QED) is 0.535. The normalized spacial score (nSPS) is 21.7. The molecular formula is C13H22. The highest BCUT2D eigenvalue weighted by Gasteiger charge is 2.31. The largest absolute Gasteiger partial charge is 0.0991 e. The van der Waals surface area contributed by atoms with E-state index in [4.69, 9.17) is 0 Å². The van der Waals surface area contributed by atoms with Gasteiger partial charge in [-0.3, -0.25) is 0 Å². The van der Waals surface area contributed by atoms with Crippen molar-refractivity contribution in [1.29, 1.82) is 0 Å². The van der Waals surface area contributed by atoms with E-state index in [1.165, 1.54) is 25.7 Å². The Morgan fingerprint density at radius 1 is 1.46 bits per heavy atom. The fraction of sp³-hybridized carbons (Fsp3) is 0.692. The van der Waals surface area contributed by atoms with Crippen LogP contribution in [0.3, 0.4) is 0 Å². The molecule has 74 valence electrons. The molecule has 1 rings (SSSR count). The van der Waals surface area contributed by atoms with Gasteiger partial charge in [0.25, 0.3) is 0 Å². The van der Waals surface area contributed by atoms with Crippen LogP contribution in [0.25, 0.3) is 0 Å². The molecule has 2 unspecified atom stereocenters. The van der Waals surface area contributed by atoms with Gasteiger partial charge in [-0.25, -0.2) is 0 Å². The summed E-state index contributed by atoms with van der Waals surface area (Å²) in [4.78, 5) is 0. The van der Waals surface area contributed by atoms with Crippen LogP contribution < -0.4 is 0 Å². The Kier molecular flexibility index (Phi) is 4.27. The van der Waals surface area contributed by atoms with E-state index in [1.54, 1.807) is 0 Å². The molecule has 1 aliphatic carbocycles. The van der Waals surface area contributed by atoms with Crippen LogP contribution in [0.15, 0.2) is 24.8 Å². The lowest BCUT2D eigenvalue weighted by atomic mass is 9.86. The highest BCUT2D eigenvalue weighted by Crippen LogP contribution is 2.41. The first-order chi connectivity index (χ1) is 6.29. The van der Waals surface area contributed by atoms with Crippen LogP contribution in [-0.4, -0.2) is 0 Å². The first-order valence-corrected chi connectivity index (χ1v) is 5.58. The predicted octanol–water partition coefficient (Wildman–Crippen LogP) is 4.19. The molecule has 0 aromatic rings. The van der Waals surface area contributed by atoms with Crippen LogP contribution in [0, 0.1) is 17.8 Å². The third-order valence-electron chi connectivity index (χ3n) is 3.16. The van der Waals surface area contributed by atoms with Crippen molar-refractivity contribution < 1.29 is 0 Å². The molecule has 0 N–H and O–H groups in total. The first kappa shape index (κ1) is 10.6. The van der Waals surface area contributed by atoms with Gasteiger partial charge in [0.05, 0.1) is 0 Å². The number of allylic oxidation sites excluding steroid dienone is 3. The second kappa shape index (κ2) is 5.26. The maximum atomic E-state index is 3.73. The van der Waals surface area contributed by atoms with Crippen molar-refractivity contribution in [2.24, 2.45) is 17.8 Å². The van der Waals surface area contributed by atoms with Crippen molar-refractivity contribution in [1.82, 2.24) is 0 Å². The summed E-state index contributed by atoms with van der Waals surface area (Å²) < 4.78 is 0. The van der Waals surface area contributed by atoms with E-state index < -0.39 is 0 Å². The van der Waals surface area contributed by atoms with E-state index in [0.717, 1.165) is 17.8 Å². The molecule has 1 saturated carbocycles. The summed E-state index contributed by atoms with van der Waals surface area (Å²) in [6.07, 6.45) is 11.9. The lowest BCUT2D eigenvalue weighted by molar-refractivity contribution is 0.359. The highest BCUT2D eigenvalue weighted by atomic mass is 14.4. The molecule has 0 aliphatic heterocycles. The minimum absolute atomic E-state index is 0.787. The number of hydrogen-bond donors (Lipinski definition) is 0. The zero-order chi connectivity index (χ0) is 9.68. The Hall–Kier alpha value is -0.520. The molecule has 1 aliphatic rings. The molecule has 1 fully saturated rings. The van der Waals surface area contributed by atoms with E-state index in [-0.39, 0.29) is 0 Å². The van der Waals surface area contributed by atoms with Gasteiger partial charge in [0.2, 0.25) is 0 Å². The molecule has 0 spiro atoms. The smallest absolute Gasteiger partial charge is 0.0202 e. The fourth-order valence-corrected chi connectivity index (χ4v) is 2.06. The lowest BCUT2D eigenvalue weighted by Crippen LogP contribution is -2.10. The third-order valence-corrected chi connectivity index (χ3v) is 3.16. The summed E-state index contributed by atoms with van der Waals surface area (Å²) in [7, 11) is 0. The lowest BCUT2D eigenvalue weighted by Gasteiger charge is -2.19. The van der Waals surface area contributed by atoms with Crippen LogP contribution in [0.5, 0.6) is 0 Å². The number of rotatable bonds is 6. The van der Waals surface area contributed by atoms with Gasteiger partial charge in [-0.05, 0) is 37.0 Å². The Morgan fingerprint density at radius 3 is 2.62 bits per heavy atom. The second-order valence-corrected chi connectivity index (χ2v) is 4.27. The standard InChI is InChI=1S/C13H22/c1-4-6-8-12(7-5-2)11(3)13-9-10-13/h4,6,8,11-13H,1,5,7,9-10H2,2-3H3. The van der Waals surface area contributed by atoms with E-state index in [2.05, 4.69) is 32.6 Å². The number of hydrogen-bond acceptors (Lipinski definition) is 0. The van der Waals surface area contributed by atoms with Crippen molar-refractivity contribution in [3.05, 3.63) is 24.8 Å². The van der Waals surface area contributed by atoms with Gasteiger partial charge >= 0.3 is 0 Å². The maximum Gasteiger partial charge on any atom is -0.0202 e. The zero-order valence-corrected chi connectivity index (χ0v) is 9.00. The summed E-state index contributed by atoms with van der Waals surface area (Å²) in [6.45, 7) is 8.41. The van der Waals surface area contributed by atoms with Crippen molar-refractivity contribution in [2.75, 3.05) is 0 Å². The summed E-state index contributed by atoms with van der Waals surface area (Å²) in [6, 6.07) is 0. The van der Waals surface area contributed by atoms with Gasteiger partial charge in [0.15, 0.2) is 0 Å². The van der Waals surface area contributed by atoms with Crippen LogP contribution in [0.2, 0.25) is 0 Å². The predicted molar refractivity (Wildman–Crippen MR) is 59.6 cm³/mol. The molecule has 0 heteroatoms. The van der Waals surface area contributed by atoms with Crippen LogP contribution in [0.1, 0.15) is 39.5 Å². The minimum atomic E-state index is 0.787. The van der Waals surface area contributed by atoms with E-state index in [0.29, 0.717) is 0 Å². The molecule has 2 atom stereocenters. The molecule has 0 bridgehead atoms. The average molecular weight is 178 g/mol. The van der Waals surface area contributed by atoms with Crippen molar-refractivity contribution in [2.45, 2.75) is 39.5 Å². The van der Waals surface area contributed by atoms with Crippen molar-refractivity contribution in [3.8, 4) is 0 Å². The van der Waals surface area contributed by atoms with Crippen LogP contribution >= 0.6 is 0 Å². The summed E-state index contributed by atoms with van der Waals surface area (Å²) in [5, 5.41) is 0. The SMILES string of the molecule is C=CC=CC(CCC)C(C)C1CC1.